The standard InChI is InChI=1S/C19H23N3O3/c1-14(2)24-16-7-5-15(6-8-16)19(23)22-11-3-4-17(13-22)25-18-12-20-9-10-21-18/h5-10,12,14,17H,3-4,11,13H2,1-2H3. The van der Waals surface area contributed by atoms with Gasteiger partial charge in [-0.2, -0.15) is 0 Å². The molecule has 3 rings (SSSR count). The molecule has 1 aromatic carbocycles. The van der Waals surface area contributed by atoms with Crippen molar-refractivity contribution in [1.82, 2.24) is 14.9 Å². The number of hydrogen-bond acceptors (Lipinski definition) is 5. The van der Waals surface area contributed by atoms with Gasteiger partial charge in [0.15, 0.2) is 0 Å². The first kappa shape index (κ1) is 17.2. The van der Waals surface area contributed by atoms with Crippen LogP contribution in [0.25, 0.3) is 0 Å². The van der Waals surface area contributed by atoms with Crippen molar-refractivity contribution in [1.29, 1.82) is 0 Å². The van der Waals surface area contributed by atoms with Crippen LogP contribution in [0, 0.1) is 0 Å². The average molecular weight is 341 g/mol. The Kier molecular flexibility index (Phi) is 5.48. The molecule has 1 atom stereocenters. The van der Waals surface area contributed by atoms with E-state index < -0.39 is 0 Å². The molecule has 0 aliphatic carbocycles. The molecular formula is C19H23N3O3. The predicted octanol–water partition coefficient (Wildman–Crippen LogP) is 2.95. The van der Waals surface area contributed by atoms with E-state index in [2.05, 4.69) is 9.97 Å². The number of rotatable bonds is 5. The van der Waals surface area contributed by atoms with Crippen LogP contribution in [0.2, 0.25) is 0 Å². The Bertz CT molecular complexity index is 689. The van der Waals surface area contributed by atoms with Crippen molar-refractivity contribution in [2.75, 3.05) is 13.1 Å². The summed E-state index contributed by atoms with van der Waals surface area (Å²) in [5.41, 5.74) is 0.663. The predicted molar refractivity (Wildman–Crippen MR) is 93.8 cm³/mol. The molecule has 1 saturated heterocycles. The van der Waals surface area contributed by atoms with Gasteiger partial charge in [0.1, 0.15) is 11.9 Å². The molecule has 1 amide bonds. The zero-order chi connectivity index (χ0) is 17.6. The van der Waals surface area contributed by atoms with Gasteiger partial charge in [-0.25, -0.2) is 4.98 Å². The summed E-state index contributed by atoms with van der Waals surface area (Å²) in [7, 11) is 0. The van der Waals surface area contributed by atoms with E-state index >= 15 is 0 Å². The largest absolute Gasteiger partial charge is 0.491 e. The van der Waals surface area contributed by atoms with Gasteiger partial charge in [0.05, 0.1) is 18.8 Å². The van der Waals surface area contributed by atoms with Gasteiger partial charge in [-0.15, -0.1) is 0 Å². The first-order valence-electron chi connectivity index (χ1n) is 8.60. The molecule has 25 heavy (non-hydrogen) atoms. The van der Waals surface area contributed by atoms with E-state index in [1.165, 1.54) is 0 Å². The fourth-order valence-electron chi connectivity index (χ4n) is 2.87. The van der Waals surface area contributed by atoms with E-state index in [9.17, 15) is 4.79 Å². The Morgan fingerprint density at radius 3 is 2.72 bits per heavy atom. The van der Waals surface area contributed by atoms with Crippen LogP contribution < -0.4 is 9.47 Å². The Morgan fingerprint density at radius 2 is 2.04 bits per heavy atom. The van der Waals surface area contributed by atoms with E-state index in [0.29, 0.717) is 18.0 Å². The van der Waals surface area contributed by atoms with Gasteiger partial charge in [0.25, 0.3) is 5.91 Å². The Hall–Kier alpha value is -2.63. The van der Waals surface area contributed by atoms with Crippen LogP contribution in [0.3, 0.4) is 0 Å². The number of amides is 1. The van der Waals surface area contributed by atoms with E-state index in [-0.39, 0.29) is 18.1 Å². The normalized spacial score (nSPS) is 17.4. The van der Waals surface area contributed by atoms with Crippen LogP contribution in [0.5, 0.6) is 11.6 Å². The Labute approximate surface area is 147 Å². The third-order valence-electron chi connectivity index (χ3n) is 3.97. The lowest BCUT2D eigenvalue weighted by Crippen LogP contribution is -2.44. The third-order valence-corrected chi connectivity index (χ3v) is 3.97. The maximum atomic E-state index is 12.7. The van der Waals surface area contributed by atoms with Crippen molar-refractivity contribution in [3.63, 3.8) is 0 Å². The summed E-state index contributed by atoms with van der Waals surface area (Å²) < 4.78 is 11.5. The molecule has 1 aromatic heterocycles. The summed E-state index contributed by atoms with van der Waals surface area (Å²) >= 11 is 0. The molecule has 0 spiro atoms. The van der Waals surface area contributed by atoms with E-state index in [1.54, 1.807) is 18.6 Å². The highest BCUT2D eigenvalue weighted by Crippen LogP contribution is 2.20. The lowest BCUT2D eigenvalue weighted by molar-refractivity contribution is 0.0527. The highest BCUT2D eigenvalue weighted by atomic mass is 16.5. The van der Waals surface area contributed by atoms with Crippen molar-refractivity contribution >= 4 is 5.91 Å². The number of carbonyl (C=O) groups is 1. The molecule has 1 unspecified atom stereocenters. The van der Waals surface area contributed by atoms with Crippen molar-refractivity contribution in [2.24, 2.45) is 0 Å². The molecule has 2 heterocycles. The van der Waals surface area contributed by atoms with Gasteiger partial charge in [0.2, 0.25) is 5.88 Å². The second-order valence-corrected chi connectivity index (χ2v) is 6.37. The van der Waals surface area contributed by atoms with Gasteiger partial charge in [0, 0.05) is 24.5 Å². The van der Waals surface area contributed by atoms with E-state index in [1.807, 2.05) is 43.0 Å². The number of aromatic nitrogens is 2. The van der Waals surface area contributed by atoms with Crippen molar-refractivity contribution in [3.8, 4) is 11.6 Å². The minimum atomic E-state index is -0.0575. The topological polar surface area (TPSA) is 64.5 Å². The van der Waals surface area contributed by atoms with Crippen LogP contribution in [-0.4, -0.2) is 46.1 Å². The maximum absolute atomic E-state index is 12.7. The second-order valence-electron chi connectivity index (χ2n) is 6.37. The number of carbonyl (C=O) groups excluding carboxylic acids is 1. The van der Waals surface area contributed by atoms with Crippen LogP contribution in [0.1, 0.15) is 37.0 Å². The molecule has 132 valence electrons. The van der Waals surface area contributed by atoms with Gasteiger partial charge in [-0.1, -0.05) is 0 Å². The minimum absolute atomic E-state index is 0.0172. The summed E-state index contributed by atoms with van der Waals surface area (Å²) in [6, 6.07) is 7.30. The number of benzene rings is 1. The molecule has 0 saturated carbocycles. The number of hydrogen-bond donors (Lipinski definition) is 0. The van der Waals surface area contributed by atoms with Gasteiger partial charge < -0.3 is 14.4 Å². The summed E-state index contributed by atoms with van der Waals surface area (Å²) in [5.74, 6) is 1.29. The van der Waals surface area contributed by atoms with E-state index in [4.69, 9.17) is 9.47 Å². The highest BCUT2D eigenvalue weighted by molar-refractivity contribution is 5.94. The van der Waals surface area contributed by atoms with Crippen LogP contribution in [0.15, 0.2) is 42.9 Å². The molecule has 0 N–H and O–H groups in total. The molecule has 1 aliphatic rings. The minimum Gasteiger partial charge on any atom is -0.491 e. The van der Waals surface area contributed by atoms with Crippen molar-refractivity contribution in [3.05, 3.63) is 48.4 Å². The molecular weight excluding hydrogens is 318 g/mol. The smallest absolute Gasteiger partial charge is 0.253 e. The molecule has 1 fully saturated rings. The van der Waals surface area contributed by atoms with Gasteiger partial charge >= 0.3 is 0 Å². The molecule has 6 nitrogen and oxygen atoms in total. The lowest BCUT2D eigenvalue weighted by atomic mass is 10.1. The van der Waals surface area contributed by atoms with Crippen molar-refractivity contribution in [2.45, 2.75) is 38.9 Å². The zero-order valence-electron chi connectivity index (χ0n) is 14.6. The third kappa shape index (κ3) is 4.68. The van der Waals surface area contributed by atoms with Gasteiger partial charge in [-0.05, 0) is 51.0 Å². The number of ether oxygens (including phenoxy) is 2. The Morgan fingerprint density at radius 1 is 1.24 bits per heavy atom. The summed E-state index contributed by atoms with van der Waals surface area (Å²) in [6.45, 7) is 5.25. The molecule has 1 aliphatic heterocycles. The van der Waals surface area contributed by atoms with Crippen LogP contribution in [0.4, 0.5) is 0 Å². The number of piperidine rings is 1. The highest BCUT2D eigenvalue weighted by Gasteiger charge is 2.26. The van der Waals surface area contributed by atoms with Crippen molar-refractivity contribution < 1.29 is 14.3 Å². The van der Waals surface area contributed by atoms with Gasteiger partial charge in [-0.3, -0.25) is 9.78 Å². The summed E-state index contributed by atoms with van der Waals surface area (Å²) in [4.78, 5) is 22.7. The van der Waals surface area contributed by atoms with Crippen LogP contribution >= 0.6 is 0 Å². The fraction of sp³-hybridized carbons (Fsp3) is 0.421. The SMILES string of the molecule is CC(C)Oc1ccc(C(=O)N2CCCC(Oc3cnccn3)C2)cc1. The lowest BCUT2D eigenvalue weighted by Gasteiger charge is -2.32. The number of likely N-dealkylation sites (tertiary alicyclic amines) is 1. The summed E-state index contributed by atoms with van der Waals surface area (Å²) in [5, 5.41) is 0. The maximum Gasteiger partial charge on any atom is 0.253 e. The average Bonchev–Trinajstić information content (AvgIpc) is 2.62. The first-order chi connectivity index (χ1) is 12.1. The van der Waals surface area contributed by atoms with Crippen LogP contribution in [-0.2, 0) is 0 Å². The molecule has 0 radical (unpaired) electrons. The zero-order valence-corrected chi connectivity index (χ0v) is 14.6. The molecule has 0 bridgehead atoms. The second kappa shape index (κ2) is 7.96. The molecule has 2 aromatic rings. The first-order valence-corrected chi connectivity index (χ1v) is 8.60. The Balaban J connectivity index is 1.61. The fourth-order valence-corrected chi connectivity index (χ4v) is 2.87. The molecule has 6 heteroatoms. The monoisotopic (exact) mass is 341 g/mol. The summed E-state index contributed by atoms with van der Waals surface area (Å²) in [6.07, 6.45) is 6.67. The number of nitrogens with zero attached hydrogens (tertiary/aromatic N) is 3. The van der Waals surface area contributed by atoms with E-state index in [0.717, 1.165) is 25.1 Å². The quantitative estimate of drug-likeness (QED) is 0.836.